The Morgan fingerprint density at radius 1 is 1.22 bits per heavy atom. The summed E-state index contributed by atoms with van der Waals surface area (Å²) >= 11 is 4.34. The summed E-state index contributed by atoms with van der Waals surface area (Å²) in [5.41, 5.74) is 3.87. The van der Waals surface area contributed by atoms with Gasteiger partial charge in [0, 0.05) is 24.6 Å². The van der Waals surface area contributed by atoms with Gasteiger partial charge < -0.3 is 0 Å². The van der Waals surface area contributed by atoms with Crippen molar-refractivity contribution in [2.75, 3.05) is 4.90 Å². The number of thioether (sulfide) groups is 1. The Bertz CT molecular complexity index is 1370. The summed E-state index contributed by atoms with van der Waals surface area (Å²) in [5.74, 6) is 0.446. The van der Waals surface area contributed by atoms with Crippen molar-refractivity contribution in [3.63, 3.8) is 0 Å². The normalized spacial score (nSPS) is 11.1. The lowest BCUT2D eigenvalue weighted by Crippen LogP contribution is -2.22. The smallest absolute Gasteiger partial charge is 0.263 e. The van der Waals surface area contributed by atoms with E-state index < -0.39 is 0 Å². The van der Waals surface area contributed by atoms with E-state index in [0.29, 0.717) is 28.0 Å². The van der Waals surface area contributed by atoms with E-state index in [2.05, 4.69) is 11.6 Å². The summed E-state index contributed by atoms with van der Waals surface area (Å²) in [5, 5.41) is 5.71. The molecular weight excluding hydrogens is 460 g/mol. The first-order chi connectivity index (χ1) is 15.4. The van der Waals surface area contributed by atoms with Crippen LogP contribution in [0.4, 0.5) is 10.8 Å². The topological polar surface area (TPSA) is 68.1 Å². The van der Waals surface area contributed by atoms with Crippen LogP contribution >= 0.6 is 34.4 Å². The van der Waals surface area contributed by atoms with Gasteiger partial charge in [-0.3, -0.25) is 19.1 Å². The third kappa shape index (κ3) is 4.41. The number of aryl methyl sites for hydroxylation is 2. The predicted octanol–water partition coefficient (Wildman–Crippen LogP) is 5.69. The molecule has 0 fully saturated rings. The predicted molar refractivity (Wildman–Crippen MR) is 134 cm³/mol. The molecule has 0 radical (unpaired) electrons. The number of hydrogen-bond donors (Lipinski definition) is 0. The zero-order valence-corrected chi connectivity index (χ0v) is 20.4. The first-order valence-electron chi connectivity index (χ1n) is 9.93. The fraction of sp³-hybridized carbons (Fsp3) is 0.217. The SMILES string of the molecule is C=CCn1c(SCc2csc(N(C(C)=O)c3ccc(C)c(C)c3)n2)nc2sccc2c1=O. The van der Waals surface area contributed by atoms with Gasteiger partial charge in [0.25, 0.3) is 5.56 Å². The largest absolute Gasteiger partial charge is 0.283 e. The fourth-order valence-corrected chi connectivity index (χ4v) is 5.92. The van der Waals surface area contributed by atoms with Crippen LogP contribution in [-0.4, -0.2) is 20.4 Å². The lowest BCUT2D eigenvalue weighted by molar-refractivity contribution is -0.115. The molecule has 1 amide bonds. The summed E-state index contributed by atoms with van der Waals surface area (Å²) in [7, 11) is 0. The van der Waals surface area contributed by atoms with Crippen molar-refractivity contribution >= 4 is 61.4 Å². The van der Waals surface area contributed by atoms with E-state index in [1.165, 1.54) is 40.0 Å². The Kier molecular flexibility index (Phi) is 6.59. The minimum absolute atomic E-state index is 0.0601. The molecule has 0 aliphatic rings. The van der Waals surface area contributed by atoms with Gasteiger partial charge >= 0.3 is 0 Å². The van der Waals surface area contributed by atoms with Crippen LogP contribution in [-0.2, 0) is 17.1 Å². The van der Waals surface area contributed by atoms with Gasteiger partial charge in [-0.25, -0.2) is 9.97 Å². The third-order valence-electron chi connectivity index (χ3n) is 5.00. The van der Waals surface area contributed by atoms with Crippen molar-refractivity contribution in [1.29, 1.82) is 0 Å². The first kappa shape index (κ1) is 22.4. The Hall–Kier alpha value is -2.75. The summed E-state index contributed by atoms with van der Waals surface area (Å²) in [6.07, 6.45) is 1.70. The first-order valence-corrected chi connectivity index (χ1v) is 12.7. The number of hydrogen-bond acceptors (Lipinski definition) is 7. The van der Waals surface area contributed by atoms with Crippen LogP contribution in [0.1, 0.15) is 23.7 Å². The molecule has 0 bridgehead atoms. The second-order valence-electron chi connectivity index (χ2n) is 7.27. The summed E-state index contributed by atoms with van der Waals surface area (Å²) in [4.78, 5) is 36.9. The number of nitrogens with zero attached hydrogens (tertiary/aromatic N) is 4. The van der Waals surface area contributed by atoms with Crippen molar-refractivity contribution in [3.8, 4) is 0 Å². The molecule has 3 aromatic heterocycles. The van der Waals surface area contributed by atoms with Crippen molar-refractivity contribution in [1.82, 2.24) is 14.5 Å². The quantitative estimate of drug-likeness (QED) is 0.192. The summed E-state index contributed by atoms with van der Waals surface area (Å²) in [6.45, 7) is 9.77. The lowest BCUT2D eigenvalue weighted by Gasteiger charge is -2.19. The summed E-state index contributed by atoms with van der Waals surface area (Å²) < 4.78 is 1.64. The molecule has 0 atom stereocenters. The van der Waals surface area contributed by atoms with Gasteiger partial charge in [-0.15, -0.1) is 29.3 Å². The number of rotatable bonds is 7. The number of aromatic nitrogens is 3. The van der Waals surface area contributed by atoms with Crippen LogP contribution < -0.4 is 10.5 Å². The highest BCUT2D eigenvalue weighted by Gasteiger charge is 2.19. The maximum Gasteiger partial charge on any atom is 0.263 e. The van der Waals surface area contributed by atoms with Gasteiger partial charge in [-0.1, -0.05) is 23.9 Å². The lowest BCUT2D eigenvalue weighted by atomic mass is 10.1. The highest BCUT2D eigenvalue weighted by atomic mass is 32.2. The van der Waals surface area contributed by atoms with Crippen molar-refractivity contribution in [3.05, 3.63) is 74.9 Å². The number of thiazole rings is 1. The highest BCUT2D eigenvalue weighted by molar-refractivity contribution is 7.98. The molecule has 0 unspecified atom stereocenters. The van der Waals surface area contributed by atoms with Gasteiger partial charge in [0.2, 0.25) is 5.91 Å². The molecule has 0 saturated carbocycles. The maximum absolute atomic E-state index is 12.8. The molecule has 0 saturated heterocycles. The molecule has 32 heavy (non-hydrogen) atoms. The molecule has 0 aliphatic heterocycles. The molecule has 9 heteroatoms. The van der Waals surface area contributed by atoms with Crippen molar-refractivity contribution in [2.45, 2.75) is 38.2 Å². The highest BCUT2D eigenvalue weighted by Crippen LogP contribution is 2.32. The standard InChI is InChI=1S/C23H22N4O2S3/c1-5-9-26-21(29)19-8-10-30-20(19)25-22(26)31-12-17-13-32-23(24-17)27(16(4)28)18-7-6-14(2)15(3)11-18/h5-8,10-11,13H,1,9,12H2,2-4H3. The van der Waals surface area contributed by atoms with E-state index in [1.807, 2.05) is 42.8 Å². The van der Waals surface area contributed by atoms with Crippen LogP contribution in [0.25, 0.3) is 10.2 Å². The number of carbonyl (C=O) groups is 1. The molecule has 0 N–H and O–H groups in total. The van der Waals surface area contributed by atoms with Crippen LogP contribution in [0.3, 0.4) is 0 Å². The molecule has 0 spiro atoms. The van der Waals surface area contributed by atoms with Crippen molar-refractivity contribution in [2.24, 2.45) is 0 Å². The van der Waals surface area contributed by atoms with Gasteiger partial charge in [0.05, 0.1) is 16.8 Å². The summed E-state index contributed by atoms with van der Waals surface area (Å²) in [6, 6.07) is 7.75. The van der Waals surface area contributed by atoms with Crippen LogP contribution in [0.5, 0.6) is 0 Å². The van der Waals surface area contributed by atoms with Gasteiger partial charge in [-0.05, 0) is 48.6 Å². The van der Waals surface area contributed by atoms with E-state index >= 15 is 0 Å². The second kappa shape index (κ2) is 9.40. The Labute approximate surface area is 198 Å². The van der Waals surface area contributed by atoms with Gasteiger partial charge in [0.15, 0.2) is 10.3 Å². The van der Waals surface area contributed by atoms with E-state index in [1.54, 1.807) is 28.5 Å². The maximum atomic E-state index is 12.8. The zero-order valence-electron chi connectivity index (χ0n) is 18.0. The van der Waals surface area contributed by atoms with Crippen LogP contribution in [0, 0.1) is 13.8 Å². The molecule has 1 aromatic carbocycles. The molecule has 4 aromatic rings. The number of fused-ring (bicyclic) bond motifs is 1. The number of benzene rings is 1. The van der Waals surface area contributed by atoms with Gasteiger partial charge in [0.1, 0.15) is 4.83 Å². The van der Waals surface area contributed by atoms with E-state index in [9.17, 15) is 9.59 Å². The average molecular weight is 483 g/mol. The number of allylic oxidation sites excluding steroid dienone is 1. The zero-order chi connectivity index (χ0) is 22.8. The fourth-order valence-electron chi connectivity index (χ4n) is 3.23. The number of thiophene rings is 1. The van der Waals surface area contributed by atoms with E-state index in [0.717, 1.165) is 21.8 Å². The Morgan fingerprint density at radius 2 is 2.03 bits per heavy atom. The number of carbonyl (C=O) groups excluding carboxylic acids is 1. The average Bonchev–Trinajstić information content (AvgIpc) is 3.41. The number of amides is 1. The molecular formula is C23H22N4O2S3. The Morgan fingerprint density at radius 3 is 2.75 bits per heavy atom. The van der Waals surface area contributed by atoms with Crippen LogP contribution in [0.15, 0.2) is 57.6 Å². The molecule has 0 aliphatic carbocycles. The van der Waals surface area contributed by atoms with Crippen molar-refractivity contribution < 1.29 is 4.79 Å². The van der Waals surface area contributed by atoms with E-state index in [-0.39, 0.29) is 11.5 Å². The minimum atomic E-state index is -0.0913. The molecule has 164 valence electrons. The molecule has 4 rings (SSSR count). The second-order valence-corrected chi connectivity index (χ2v) is 9.94. The van der Waals surface area contributed by atoms with E-state index in [4.69, 9.17) is 4.98 Å². The molecule has 6 nitrogen and oxygen atoms in total. The Balaban J connectivity index is 1.60. The molecule has 3 heterocycles. The van der Waals surface area contributed by atoms with Gasteiger partial charge in [-0.2, -0.15) is 0 Å². The minimum Gasteiger partial charge on any atom is -0.283 e. The third-order valence-corrected chi connectivity index (χ3v) is 7.69. The van der Waals surface area contributed by atoms with Crippen LogP contribution in [0.2, 0.25) is 0 Å². The monoisotopic (exact) mass is 482 g/mol. The number of anilines is 2.